The molecule has 1 aliphatic heterocycles. The highest BCUT2D eigenvalue weighted by Crippen LogP contribution is 2.27. The normalized spacial score (nSPS) is 18.9. The zero-order valence-electron chi connectivity index (χ0n) is 11.0. The van der Waals surface area contributed by atoms with Gasteiger partial charge in [-0.2, -0.15) is 0 Å². The topological polar surface area (TPSA) is 55.8 Å². The Morgan fingerprint density at radius 1 is 1.50 bits per heavy atom. The van der Waals surface area contributed by atoms with Crippen molar-refractivity contribution in [1.29, 1.82) is 0 Å². The quantitative estimate of drug-likeness (QED) is 0.617. The molecule has 1 fully saturated rings. The molecule has 2 rings (SSSR count). The second kappa shape index (κ2) is 8.02. The minimum Gasteiger partial charge on any atom is -0.478 e. The van der Waals surface area contributed by atoms with Gasteiger partial charge in [-0.3, -0.25) is 0 Å². The molecule has 0 spiro atoms. The lowest BCUT2D eigenvalue weighted by Crippen LogP contribution is -2.23. The van der Waals surface area contributed by atoms with Gasteiger partial charge < -0.3 is 14.6 Å². The number of carboxylic acids is 1. The van der Waals surface area contributed by atoms with Crippen LogP contribution in [0.3, 0.4) is 0 Å². The maximum atomic E-state index is 11.1. The molecule has 0 bridgehead atoms. The first-order chi connectivity index (χ1) is 9.66. The minimum absolute atomic E-state index is 0.0918. The Hall–Kier alpha value is -0.560. The smallest absolute Gasteiger partial charge is 0.336 e. The fourth-order valence-electron chi connectivity index (χ4n) is 1.97. The van der Waals surface area contributed by atoms with Crippen molar-refractivity contribution in [3.8, 4) is 0 Å². The molecule has 1 aliphatic rings. The number of carbonyl (C=O) groups is 1. The van der Waals surface area contributed by atoms with Gasteiger partial charge in [0.15, 0.2) is 6.29 Å². The van der Waals surface area contributed by atoms with Gasteiger partial charge in [0.2, 0.25) is 0 Å². The molecule has 0 saturated carbocycles. The fraction of sp³-hybridized carbons (Fsp3) is 0.500. The molecule has 110 valence electrons. The highest BCUT2D eigenvalue weighted by atomic mass is 79.9. The second-order valence-corrected chi connectivity index (χ2v) is 6.51. The molecule has 1 saturated heterocycles. The van der Waals surface area contributed by atoms with Gasteiger partial charge in [-0.15, -0.1) is 11.8 Å². The van der Waals surface area contributed by atoms with Crippen LogP contribution in [0, 0.1) is 0 Å². The third-order valence-electron chi connectivity index (χ3n) is 2.96. The summed E-state index contributed by atoms with van der Waals surface area (Å²) in [6.07, 6.45) is 3.11. The van der Waals surface area contributed by atoms with E-state index in [1.165, 1.54) is 11.8 Å². The first-order valence-corrected chi connectivity index (χ1v) is 8.33. The van der Waals surface area contributed by atoms with E-state index in [0.29, 0.717) is 17.9 Å². The third kappa shape index (κ3) is 4.77. The van der Waals surface area contributed by atoms with Crippen molar-refractivity contribution in [2.45, 2.75) is 30.4 Å². The Morgan fingerprint density at radius 2 is 2.35 bits per heavy atom. The molecule has 6 heteroatoms. The zero-order valence-corrected chi connectivity index (χ0v) is 13.4. The van der Waals surface area contributed by atoms with Crippen LogP contribution >= 0.6 is 27.7 Å². The van der Waals surface area contributed by atoms with Crippen LogP contribution in [0.4, 0.5) is 0 Å². The number of halogens is 1. The lowest BCUT2D eigenvalue weighted by atomic mass is 10.2. The number of ether oxygens (including phenoxy) is 2. The summed E-state index contributed by atoms with van der Waals surface area (Å²) < 4.78 is 12.0. The average Bonchev–Trinajstić information content (AvgIpc) is 2.44. The van der Waals surface area contributed by atoms with Crippen LogP contribution in [-0.2, 0) is 9.47 Å². The Labute approximate surface area is 131 Å². The summed E-state index contributed by atoms with van der Waals surface area (Å²) in [5.41, 5.74) is 0.326. The Bertz CT molecular complexity index is 460. The van der Waals surface area contributed by atoms with E-state index >= 15 is 0 Å². The molecular formula is C14H17BrO4S. The van der Waals surface area contributed by atoms with Crippen LogP contribution in [-0.4, -0.2) is 36.3 Å². The summed E-state index contributed by atoms with van der Waals surface area (Å²) in [6, 6.07) is 5.17. The lowest BCUT2D eigenvalue weighted by Gasteiger charge is -2.22. The van der Waals surface area contributed by atoms with Crippen LogP contribution in [0.1, 0.15) is 29.6 Å². The minimum atomic E-state index is -0.906. The van der Waals surface area contributed by atoms with Crippen molar-refractivity contribution < 1.29 is 19.4 Å². The molecule has 0 aromatic heterocycles. The van der Waals surface area contributed by atoms with Crippen LogP contribution < -0.4 is 0 Å². The summed E-state index contributed by atoms with van der Waals surface area (Å²) in [6.45, 7) is 1.33. The summed E-state index contributed by atoms with van der Waals surface area (Å²) in [5, 5.41) is 9.14. The number of hydrogen-bond donors (Lipinski definition) is 1. The molecule has 0 aliphatic carbocycles. The van der Waals surface area contributed by atoms with E-state index in [1.54, 1.807) is 12.1 Å². The number of carboxylic acid groups (broad SMARTS) is 1. The molecule has 1 unspecified atom stereocenters. The molecule has 1 heterocycles. The number of hydrogen-bond acceptors (Lipinski definition) is 4. The second-order valence-electron chi connectivity index (χ2n) is 4.46. The van der Waals surface area contributed by atoms with Gasteiger partial charge in [-0.1, -0.05) is 15.9 Å². The maximum Gasteiger partial charge on any atom is 0.336 e. The largest absolute Gasteiger partial charge is 0.478 e. The van der Waals surface area contributed by atoms with Crippen LogP contribution in [0.2, 0.25) is 0 Å². The highest BCUT2D eigenvalue weighted by Gasteiger charge is 2.14. The molecule has 1 aromatic rings. The number of rotatable bonds is 6. The summed E-state index contributed by atoms with van der Waals surface area (Å²) >= 11 is 4.85. The van der Waals surface area contributed by atoms with E-state index < -0.39 is 5.97 Å². The van der Waals surface area contributed by atoms with Gasteiger partial charge in [0, 0.05) is 21.7 Å². The highest BCUT2D eigenvalue weighted by molar-refractivity contribution is 9.10. The zero-order chi connectivity index (χ0) is 14.4. The van der Waals surface area contributed by atoms with Crippen molar-refractivity contribution >= 4 is 33.7 Å². The van der Waals surface area contributed by atoms with Gasteiger partial charge in [-0.25, -0.2) is 4.79 Å². The Morgan fingerprint density at radius 3 is 3.05 bits per heavy atom. The maximum absolute atomic E-state index is 11.1. The Kier molecular flexibility index (Phi) is 6.35. The predicted octanol–water partition coefficient (Wildman–Crippen LogP) is 3.78. The van der Waals surface area contributed by atoms with Gasteiger partial charge >= 0.3 is 5.97 Å². The summed E-state index contributed by atoms with van der Waals surface area (Å²) in [7, 11) is 0. The first kappa shape index (κ1) is 15.8. The van der Waals surface area contributed by atoms with E-state index in [4.69, 9.17) is 14.6 Å². The molecule has 4 nitrogen and oxygen atoms in total. The number of aromatic carboxylic acids is 1. The van der Waals surface area contributed by atoms with E-state index in [1.807, 2.05) is 6.07 Å². The predicted molar refractivity (Wildman–Crippen MR) is 81.4 cm³/mol. The third-order valence-corrected chi connectivity index (χ3v) is 4.47. The van der Waals surface area contributed by atoms with Crippen LogP contribution in [0.5, 0.6) is 0 Å². The van der Waals surface area contributed by atoms with Crippen molar-refractivity contribution in [1.82, 2.24) is 0 Å². The van der Waals surface area contributed by atoms with Crippen molar-refractivity contribution in [2.24, 2.45) is 0 Å². The van der Waals surface area contributed by atoms with Crippen molar-refractivity contribution in [2.75, 3.05) is 19.0 Å². The van der Waals surface area contributed by atoms with Crippen molar-refractivity contribution in [3.05, 3.63) is 28.2 Å². The molecule has 1 N–H and O–H groups in total. The summed E-state index contributed by atoms with van der Waals surface area (Å²) in [4.78, 5) is 11.9. The molecular weight excluding hydrogens is 344 g/mol. The molecule has 20 heavy (non-hydrogen) atoms. The van der Waals surface area contributed by atoms with Crippen molar-refractivity contribution in [3.63, 3.8) is 0 Å². The van der Waals surface area contributed by atoms with Gasteiger partial charge in [-0.05, 0) is 37.5 Å². The monoisotopic (exact) mass is 360 g/mol. The van der Waals surface area contributed by atoms with E-state index in [-0.39, 0.29) is 6.29 Å². The van der Waals surface area contributed by atoms with E-state index in [2.05, 4.69) is 15.9 Å². The molecule has 0 amide bonds. The fourth-order valence-corrected chi connectivity index (χ4v) is 3.40. The van der Waals surface area contributed by atoms with Gasteiger partial charge in [0.05, 0.1) is 12.2 Å². The van der Waals surface area contributed by atoms with Gasteiger partial charge in [0.25, 0.3) is 0 Å². The lowest BCUT2D eigenvalue weighted by molar-refractivity contribution is -0.158. The standard InChI is InChI=1S/C14H17BrO4S/c15-10-4-5-11(14(16)17)12(9-10)20-8-7-19-13-3-1-2-6-18-13/h4-5,9,13H,1-3,6-8H2,(H,16,17). The van der Waals surface area contributed by atoms with E-state index in [0.717, 1.165) is 35.2 Å². The SMILES string of the molecule is O=C(O)c1ccc(Br)cc1SCCOC1CCCCO1. The van der Waals surface area contributed by atoms with Crippen LogP contribution in [0.15, 0.2) is 27.6 Å². The summed E-state index contributed by atoms with van der Waals surface area (Å²) in [5.74, 6) is -0.201. The van der Waals surface area contributed by atoms with E-state index in [9.17, 15) is 4.79 Å². The number of thioether (sulfide) groups is 1. The van der Waals surface area contributed by atoms with Gasteiger partial charge in [0.1, 0.15) is 0 Å². The molecule has 1 aromatic carbocycles. The Balaban J connectivity index is 1.81. The molecule has 0 radical (unpaired) electrons. The average molecular weight is 361 g/mol. The first-order valence-electron chi connectivity index (χ1n) is 6.55. The number of benzene rings is 1. The van der Waals surface area contributed by atoms with Crippen LogP contribution in [0.25, 0.3) is 0 Å². The molecule has 1 atom stereocenters.